The van der Waals surface area contributed by atoms with Crippen LogP contribution in [0, 0.1) is 0 Å². The highest BCUT2D eigenvalue weighted by Crippen LogP contribution is 2.35. The largest absolute Gasteiger partial charge is 0.454 e. The molecule has 3 rings (SSSR count). The molecule has 0 saturated heterocycles. The molecule has 1 aliphatic rings. The average molecular weight is 366 g/mol. The van der Waals surface area contributed by atoms with Gasteiger partial charge in [-0.15, -0.1) is 10.2 Å². The van der Waals surface area contributed by atoms with Gasteiger partial charge in [-0.1, -0.05) is 23.1 Å². The van der Waals surface area contributed by atoms with E-state index in [4.69, 9.17) is 9.47 Å². The van der Waals surface area contributed by atoms with E-state index in [0.29, 0.717) is 23.2 Å². The van der Waals surface area contributed by atoms with Crippen LogP contribution in [0.25, 0.3) is 0 Å². The number of anilines is 2. The Hall–Kier alpha value is -2.00. The molecule has 0 spiro atoms. The number of carbonyl (C=O) groups is 1. The SMILES string of the molecule is CC(C)Nc1nnc(S[C@@H](C)C(=O)Nc2ccc3c(c2)OCO3)s1. The van der Waals surface area contributed by atoms with Gasteiger partial charge in [-0.25, -0.2) is 0 Å². The number of benzene rings is 1. The van der Waals surface area contributed by atoms with E-state index in [-0.39, 0.29) is 18.0 Å². The van der Waals surface area contributed by atoms with Crippen LogP contribution in [0.4, 0.5) is 10.8 Å². The third-order valence-corrected chi connectivity index (χ3v) is 5.14. The summed E-state index contributed by atoms with van der Waals surface area (Å²) in [6.07, 6.45) is 0. The van der Waals surface area contributed by atoms with E-state index in [9.17, 15) is 4.79 Å². The molecule has 1 atom stereocenters. The Morgan fingerprint density at radius 3 is 2.83 bits per heavy atom. The zero-order valence-electron chi connectivity index (χ0n) is 13.5. The molecule has 2 heterocycles. The van der Waals surface area contributed by atoms with E-state index in [1.807, 2.05) is 20.8 Å². The summed E-state index contributed by atoms with van der Waals surface area (Å²) in [6.45, 7) is 6.12. The molecule has 2 N–H and O–H groups in total. The second-order valence-electron chi connectivity index (χ2n) is 5.49. The van der Waals surface area contributed by atoms with E-state index in [1.54, 1.807) is 18.2 Å². The predicted octanol–water partition coefficient (Wildman–Crippen LogP) is 3.21. The highest BCUT2D eigenvalue weighted by Gasteiger charge is 2.19. The summed E-state index contributed by atoms with van der Waals surface area (Å²) in [7, 11) is 0. The molecule has 0 aliphatic carbocycles. The smallest absolute Gasteiger partial charge is 0.237 e. The van der Waals surface area contributed by atoms with Crippen LogP contribution in [0.3, 0.4) is 0 Å². The monoisotopic (exact) mass is 366 g/mol. The molecule has 0 bridgehead atoms. The van der Waals surface area contributed by atoms with E-state index in [0.717, 1.165) is 9.47 Å². The number of hydrogen-bond donors (Lipinski definition) is 2. The summed E-state index contributed by atoms with van der Waals surface area (Å²) in [6, 6.07) is 5.62. The van der Waals surface area contributed by atoms with Gasteiger partial charge >= 0.3 is 0 Å². The van der Waals surface area contributed by atoms with Gasteiger partial charge in [-0.05, 0) is 32.9 Å². The lowest BCUT2D eigenvalue weighted by Gasteiger charge is -2.10. The fourth-order valence-electron chi connectivity index (χ4n) is 1.99. The first kappa shape index (κ1) is 16.8. The van der Waals surface area contributed by atoms with Crippen LogP contribution in [-0.2, 0) is 4.79 Å². The zero-order chi connectivity index (χ0) is 17.1. The number of rotatable bonds is 6. The molecule has 1 aromatic heterocycles. The highest BCUT2D eigenvalue weighted by molar-refractivity contribution is 8.02. The second-order valence-corrected chi connectivity index (χ2v) is 8.05. The number of thioether (sulfide) groups is 1. The van der Waals surface area contributed by atoms with Crippen molar-refractivity contribution in [2.75, 3.05) is 17.4 Å². The van der Waals surface area contributed by atoms with Crippen molar-refractivity contribution in [1.29, 1.82) is 0 Å². The van der Waals surface area contributed by atoms with Crippen LogP contribution in [0.1, 0.15) is 20.8 Å². The van der Waals surface area contributed by atoms with Gasteiger partial charge in [-0.3, -0.25) is 4.79 Å². The van der Waals surface area contributed by atoms with Crippen molar-refractivity contribution in [2.45, 2.75) is 36.4 Å². The van der Waals surface area contributed by atoms with Crippen molar-refractivity contribution in [3.05, 3.63) is 18.2 Å². The fraction of sp³-hybridized carbons (Fsp3) is 0.400. The minimum atomic E-state index is -0.296. The third kappa shape index (κ3) is 4.09. The Balaban J connectivity index is 1.57. The van der Waals surface area contributed by atoms with Crippen molar-refractivity contribution < 1.29 is 14.3 Å². The Morgan fingerprint density at radius 1 is 1.25 bits per heavy atom. The van der Waals surface area contributed by atoms with Gasteiger partial charge in [0.1, 0.15) is 0 Å². The number of carbonyl (C=O) groups excluding carboxylic acids is 1. The van der Waals surface area contributed by atoms with E-state index in [2.05, 4.69) is 20.8 Å². The summed E-state index contributed by atoms with van der Waals surface area (Å²) in [5.41, 5.74) is 0.677. The van der Waals surface area contributed by atoms with Crippen molar-refractivity contribution in [1.82, 2.24) is 10.2 Å². The Morgan fingerprint density at radius 2 is 2.04 bits per heavy atom. The van der Waals surface area contributed by atoms with E-state index in [1.165, 1.54) is 23.1 Å². The number of hydrogen-bond acceptors (Lipinski definition) is 8. The van der Waals surface area contributed by atoms with Crippen LogP contribution in [0.5, 0.6) is 11.5 Å². The van der Waals surface area contributed by atoms with Gasteiger partial charge in [0.25, 0.3) is 0 Å². The summed E-state index contributed by atoms with van der Waals surface area (Å²) in [5.74, 6) is 1.23. The van der Waals surface area contributed by atoms with E-state index >= 15 is 0 Å². The van der Waals surface area contributed by atoms with E-state index < -0.39 is 0 Å². The molecule has 1 aromatic carbocycles. The molecular weight excluding hydrogens is 348 g/mol. The van der Waals surface area contributed by atoms with Crippen molar-refractivity contribution in [2.24, 2.45) is 0 Å². The standard InChI is InChI=1S/C15H18N4O3S2/c1-8(2)16-14-18-19-15(24-14)23-9(3)13(20)17-10-4-5-11-12(6-10)22-7-21-11/h4-6,8-9H,7H2,1-3H3,(H,16,18)(H,17,20)/t9-/m0/s1. The van der Waals surface area contributed by atoms with Crippen LogP contribution in [0.15, 0.2) is 22.5 Å². The summed E-state index contributed by atoms with van der Waals surface area (Å²) in [5, 5.41) is 14.7. The minimum Gasteiger partial charge on any atom is -0.454 e. The number of nitrogens with one attached hydrogen (secondary N) is 2. The van der Waals surface area contributed by atoms with Crippen molar-refractivity contribution in [3.63, 3.8) is 0 Å². The lowest BCUT2D eigenvalue weighted by Crippen LogP contribution is -2.22. The zero-order valence-corrected chi connectivity index (χ0v) is 15.2. The molecule has 0 unspecified atom stereocenters. The minimum absolute atomic E-state index is 0.104. The van der Waals surface area contributed by atoms with Crippen LogP contribution >= 0.6 is 23.1 Å². The van der Waals surface area contributed by atoms with Crippen LogP contribution in [-0.4, -0.2) is 34.2 Å². The lowest BCUT2D eigenvalue weighted by atomic mass is 10.2. The predicted molar refractivity (Wildman–Crippen MR) is 95.2 cm³/mol. The third-order valence-electron chi connectivity index (χ3n) is 3.11. The lowest BCUT2D eigenvalue weighted by molar-refractivity contribution is -0.115. The first-order chi connectivity index (χ1) is 11.5. The molecule has 1 amide bonds. The number of ether oxygens (including phenoxy) is 2. The molecule has 2 aromatic rings. The second kappa shape index (κ2) is 7.27. The fourth-order valence-corrected chi connectivity index (χ4v) is 4.03. The van der Waals surface area contributed by atoms with Crippen LogP contribution < -0.4 is 20.1 Å². The van der Waals surface area contributed by atoms with Gasteiger partial charge in [0, 0.05) is 17.8 Å². The summed E-state index contributed by atoms with van der Waals surface area (Å²) < 4.78 is 11.3. The van der Waals surface area contributed by atoms with Gasteiger partial charge in [0.05, 0.1) is 5.25 Å². The summed E-state index contributed by atoms with van der Waals surface area (Å²) >= 11 is 2.82. The average Bonchev–Trinajstić information content (AvgIpc) is 3.15. The molecule has 7 nitrogen and oxygen atoms in total. The molecule has 0 radical (unpaired) electrons. The van der Waals surface area contributed by atoms with Gasteiger partial charge in [0.2, 0.25) is 17.8 Å². The highest BCUT2D eigenvalue weighted by atomic mass is 32.2. The number of aromatic nitrogens is 2. The Bertz CT molecular complexity index is 735. The molecule has 9 heteroatoms. The first-order valence-electron chi connectivity index (χ1n) is 7.48. The van der Waals surface area contributed by atoms with Gasteiger partial charge in [0.15, 0.2) is 15.8 Å². The molecule has 128 valence electrons. The number of nitrogens with zero attached hydrogens (tertiary/aromatic N) is 2. The molecule has 1 aliphatic heterocycles. The number of amides is 1. The number of fused-ring (bicyclic) bond motifs is 1. The molecule has 0 fully saturated rings. The van der Waals surface area contributed by atoms with Crippen LogP contribution in [0.2, 0.25) is 0 Å². The first-order valence-corrected chi connectivity index (χ1v) is 9.18. The van der Waals surface area contributed by atoms with Gasteiger partial charge in [-0.2, -0.15) is 0 Å². The Labute approximate surface area is 148 Å². The molecule has 24 heavy (non-hydrogen) atoms. The maximum absolute atomic E-state index is 12.3. The Kier molecular flexibility index (Phi) is 5.10. The quantitative estimate of drug-likeness (QED) is 0.759. The molecule has 0 saturated carbocycles. The maximum Gasteiger partial charge on any atom is 0.237 e. The van der Waals surface area contributed by atoms with Gasteiger partial charge < -0.3 is 20.1 Å². The topological polar surface area (TPSA) is 85.4 Å². The summed E-state index contributed by atoms with van der Waals surface area (Å²) in [4.78, 5) is 12.3. The normalized spacial score (nSPS) is 13.8. The maximum atomic E-state index is 12.3. The molecular formula is C15H18N4O3S2. The van der Waals surface area contributed by atoms with Crippen molar-refractivity contribution >= 4 is 39.8 Å². The van der Waals surface area contributed by atoms with Crippen molar-refractivity contribution in [3.8, 4) is 11.5 Å².